The largest absolute Gasteiger partial charge is 0.461 e. The molecule has 0 spiro atoms. The van der Waals surface area contributed by atoms with Crippen molar-refractivity contribution in [2.45, 2.75) is 25.8 Å². The normalized spacial score (nSPS) is 14.4. The van der Waals surface area contributed by atoms with E-state index in [1.54, 1.807) is 6.92 Å². The van der Waals surface area contributed by atoms with Crippen LogP contribution in [-0.4, -0.2) is 28.8 Å². The van der Waals surface area contributed by atoms with Gasteiger partial charge in [0.2, 0.25) is 0 Å². The Kier molecular flexibility index (Phi) is 3.03. The van der Waals surface area contributed by atoms with E-state index in [-0.39, 0.29) is 5.69 Å². The molecule has 19 heavy (non-hydrogen) atoms. The maximum absolute atomic E-state index is 11.9. The van der Waals surface area contributed by atoms with Gasteiger partial charge in [-0.2, -0.15) is 0 Å². The zero-order chi connectivity index (χ0) is 13.2. The number of nitrogens with zero attached hydrogens (tertiary/aromatic N) is 2. The zero-order valence-electron chi connectivity index (χ0n) is 10.7. The van der Waals surface area contributed by atoms with Crippen LogP contribution in [0.2, 0.25) is 0 Å². The third kappa shape index (κ3) is 2.36. The summed E-state index contributed by atoms with van der Waals surface area (Å²) < 4.78 is 5.04. The maximum Gasteiger partial charge on any atom is 0.361 e. The Hall–Kier alpha value is -2.17. The van der Waals surface area contributed by atoms with Gasteiger partial charge in [-0.15, -0.1) is 10.2 Å². The molecule has 1 aromatic heterocycles. The molecule has 1 aliphatic rings. The maximum atomic E-state index is 11.9. The number of hydrogen-bond acceptors (Lipinski definition) is 5. The fourth-order valence-electron chi connectivity index (χ4n) is 1.97. The Morgan fingerprint density at radius 3 is 2.89 bits per heavy atom. The third-order valence-electron chi connectivity index (χ3n) is 3.06. The molecule has 5 heteroatoms. The number of aromatic nitrogens is 2. The molecule has 0 aliphatic heterocycles. The topological polar surface area (TPSA) is 64.1 Å². The van der Waals surface area contributed by atoms with Crippen LogP contribution in [-0.2, 0) is 4.74 Å². The summed E-state index contributed by atoms with van der Waals surface area (Å²) >= 11 is 0. The van der Waals surface area contributed by atoms with Crippen molar-refractivity contribution in [3.8, 4) is 0 Å². The van der Waals surface area contributed by atoms with Crippen molar-refractivity contribution in [1.82, 2.24) is 10.2 Å². The van der Waals surface area contributed by atoms with Crippen LogP contribution in [0, 0.1) is 0 Å². The number of ether oxygens (including phenoxy) is 1. The molecule has 0 bridgehead atoms. The molecule has 0 amide bonds. The van der Waals surface area contributed by atoms with Crippen molar-refractivity contribution in [2.75, 3.05) is 11.9 Å². The first-order chi connectivity index (χ1) is 9.29. The van der Waals surface area contributed by atoms with E-state index in [0.717, 1.165) is 29.4 Å². The van der Waals surface area contributed by atoms with Gasteiger partial charge in [0.1, 0.15) is 0 Å². The first kappa shape index (κ1) is 11.9. The van der Waals surface area contributed by atoms with Crippen LogP contribution in [0.5, 0.6) is 0 Å². The predicted molar refractivity (Wildman–Crippen MR) is 72.1 cm³/mol. The highest BCUT2D eigenvalue weighted by molar-refractivity contribution is 6.03. The lowest BCUT2D eigenvalue weighted by Crippen LogP contribution is -2.14. The number of benzene rings is 1. The smallest absolute Gasteiger partial charge is 0.361 e. The molecule has 1 aromatic carbocycles. The molecule has 0 radical (unpaired) electrons. The molecule has 1 fully saturated rings. The lowest BCUT2D eigenvalue weighted by Gasteiger charge is -2.11. The number of nitrogens with one attached hydrogen (secondary N) is 1. The minimum Gasteiger partial charge on any atom is -0.461 e. The summed E-state index contributed by atoms with van der Waals surface area (Å²) in [4.78, 5) is 11.9. The second-order valence-corrected chi connectivity index (χ2v) is 4.58. The monoisotopic (exact) mass is 257 g/mol. The van der Waals surface area contributed by atoms with Crippen molar-refractivity contribution in [1.29, 1.82) is 0 Å². The molecule has 0 saturated heterocycles. The van der Waals surface area contributed by atoms with Crippen LogP contribution in [0.3, 0.4) is 0 Å². The van der Waals surface area contributed by atoms with Gasteiger partial charge in [0.25, 0.3) is 0 Å². The summed E-state index contributed by atoms with van der Waals surface area (Å²) in [5.74, 6) is -0.427. The zero-order valence-corrected chi connectivity index (χ0v) is 10.7. The molecule has 1 saturated carbocycles. The fraction of sp³-hybridized carbons (Fsp3) is 0.357. The van der Waals surface area contributed by atoms with E-state index >= 15 is 0 Å². The average Bonchev–Trinajstić information content (AvgIpc) is 3.23. The highest BCUT2D eigenvalue weighted by atomic mass is 16.5. The minimum atomic E-state index is -0.427. The first-order valence-electron chi connectivity index (χ1n) is 6.48. The molecular formula is C14H15N3O2. The van der Waals surface area contributed by atoms with Gasteiger partial charge in [0, 0.05) is 11.4 Å². The van der Waals surface area contributed by atoms with Gasteiger partial charge < -0.3 is 10.1 Å². The Labute approximate surface area is 111 Å². The molecular weight excluding hydrogens is 242 g/mol. The van der Waals surface area contributed by atoms with Gasteiger partial charge in [-0.1, -0.05) is 18.2 Å². The summed E-state index contributed by atoms with van der Waals surface area (Å²) in [5.41, 5.74) is 1.79. The molecule has 98 valence electrons. The van der Waals surface area contributed by atoms with Crippen LogP contribution in [0.25, 0.3) is 10.9 Å². The highest BCUT2D eigenvalue weighted by Gasteiger charge is 2.26. The Balaban J connectivity index is 2.11. The molecule has 0 atom stereocenters. The first-order valence-corrected chi connectivity index (χ1v) is 6.48. The molecule has 2 aromatic rings. The average molecular weight is 257 g/mol. The summed E-state index contributed by atoms with van der Waals surface area (Å²) in [6.07, 6.45) is 2.25. The lowest BCUT2D eigenvalue weighted by molar-refractivity contribution is 0.0519. The van der Waals surface area contributed by atoms with Crippen LogP contribution in [0.1, 0.15) is 30.3 Å². The Morgan fingerprint density at radius 2 is 2.16 bits per heavy atom. The van der Waals surface area contributed by atoms with Gasteiger partial charge in [-0.25, -0.2) is 4.79 Å². The number of esters is 1. The van der Waals surface area contributed by atoms with Gasteiger partial charge in [-0.3, -0.25) is 0 Å². The number of rotatable bonds is 4. The molecule has 1 aliphatic carbocycles. The molecule has 5 nitrogen and oxygen atoms in total. The second kappa shape index (κ2) is 4.84. The standard InChI is InChI=1S/C14H15N3O2/c1-2-19-14(18)13-12(15-9-7-8-9)10-5-3-4-6-11(10)16-17-13/h3-6,9H,2,7-8H2,1H3,(H,15,16). The summed E-state index contributed by atoms with van der Waals surface area (Å²) in [6, 6.07) is 8.09. The molecule has 1 N–H and O–H groups in total. The molecule has 3 rings (SSSR count). The van der Waals surface area contributed by atoms with Gasteiger partial charge in [0.05, 0.1) is 17.8 Å². The van der Waals surface area contributed by atoms with E-state index in [1.807, 2.05) is 24.3 Å². The Bertz CT molecular complexity index is 623. The van der Waals surface area contributed by atoms with Crippen molar-refractivity contribution < 1.29 is 9.53 Å². The minimum absolute atomic E-state index is 0.271. The highest BCUT2D eigenvalue weighted by Crippen LogP contribution is 2.31. The van der Waals surface area contributed by atoms with Crippen molar-refractivity contribution in [2.24, 2.45) is 0 Å². The summed E-state index contributed by atoms with van der Waals surface area (Å²) in [5, 5.41) is 12.4. The van der Waals surface area contributed by atoms with E-state index < -0.39 is 5.97 Å². The van der Waals surface area contributed by atoms with E-state index in [2.05, 4.69) is 15.5 Å². The molecule has 1 heterocycles. The number of hydrogen-bond donors (Lipinski definition) is 1. The van der Waals surface area contributed by atoms with Crippen LogP contribution < -0.4 is 5.32 Å². The number of carbonyl (C=O) groups excluding carboxylic acids is 1. The molecule has 0 unspecified atom stereocenters. The second-order valence-electron chi connectivity index (χ2n) is 4.58. The Morgan fingerprint density at radius 1 is 1.37 bits per heavy atom. The van der Waals surface area contributed by atoms with E-state index in [9.17, 15) is 4.79 Å². The van der Waals surface area contributed by atoms with E-state index in [4.69, 9.17) is 4.74 Å². The summed E-state index contributed by atoms with van der Waals surface area (Å²) in [6.45, 7) is 2.11. The van der Waals surface area contributed by atoms with E-state index in [1.165, 1.54) is 0 Å². The SMILES string of the molecule is CCOC(=O)c1nnc2ccccc2c1NC1CC1. The van der Waals surface area contributed by atoms with Crippen LogP contribution in [0.15, 0.2) is 24.3 Å². The van der Waals surface area contributed by atoms with Gasteiger partial charge in [-0.05, 0) is 25.8 Å². The quantitative estimate of drug-likeness (QED) is 0.852. The van der Waals surface area contributed by atoms with Crippen LogP contribution >= 0.6 is 0 Å². The van der Waals surface area contributed by atoms with Crippen molar-refractivity contribution in [3.63, 3.8) is 0 Å². The summed E-state index contributed by atoms with van der Waals surface area (Å²) in [7, 11) is 0. The van der Waals surface area contributed by atoms with Gasteiger partial charge >= 0.3 is 5.97 Å². The number of fused-ring (bicyclic) bond motifs is 1. The van der Waals surface area contributed by atoms with E-state index in [0.29, 0.717) is 12.6 Å². The number of carbonyl (C=O) groups is 1. The lowest BCUT2D eigenvalue weighted by atomic mass is 10.1. The predicted octanol–water partition coefficient (Wildman–Crippen LogP) is 2.38. The van der Waals surface area contributed by atoms with Crippen molar-refractivity contribution in [3.05, 3.63) is 30.0 Å². The van der Waals surface area contributed by atoms with Gasteiger partial charge in [0.15, 0.2) is 5.69 Å². The fourth-order valence-corrected chi connectivity index (χ4v) is 1.97. The third-order valence-corrected chi connectivity index (χ3v) is 3.06. The van der Waals surface area contributed by atoms with Crippen molar-refractivity contribution >= 4 is 22.6 Å². The number of anilines is 1. The van der Waals surface area contributed by atoms with Crippen LogP contribution in [0.4, 0.5) is 5.69 Å².